The number of pyridine rings is 1. The number of hydrogen-bond acceptors (Lipinski definition) is 7. The number of amides is 3. The average molecular weight is 597 g/mol. The average Bonchev–Trinajstić information content (AvgIpc) is 3.60. The second-order valence-corrected chi connectivity index (χ2v) is 13.1. The fourth-order valence-electron chi connectivity index (χ4n) is 7.45. The summed E-state index contributed by atoms with van der Waals surface area (Å²) in [6.45, 7) is 3.29. The zero-order valence-corrected chi connectivity index (χ0v) is 25.0. The molecule has 4 aliphatic rings. The topological polar surface area (TPSA) is 112 Å². The molecule has 4 heterocycles. The van der Waals surface area contributed by atoms with Gasteiger partial charge in [-0.3, -0.25) is 29.6 Å². The van der Waals surface area contributed by atoms with E-state index < -0.39 is 11.9 Å². The van der Waals surface area contributed by atoms with Crippen molar-refractivity contribution in [3.05, 3.63) is 70.9 Å². The third kappa shape index (κ3) is 6.08. The molecule has 3 aromatic rings. The van der Waals surface area contributed by atoms with Crippen molar-refractivity contribution in [3.63, 3.8) is 0 Å². The molecule has 2 N–H and O–H groups in total. The Hall–Kier alpha value is -3.82. The summed E-state index contributed by atoms with van der Waals surface area (Å²) in [7, 11) is 0. The number of aliphatic hydroxyl groups excluding tert-OH is 1. The van der Waals surface area contributed by atoms with E-state index in [9.17, 15) is 19.5 Å². The molecule has 44 heavy (non-hydrogen) atoms. The van der Waals surface area contributed by atoms with Gasteiger partial charge in [-0.1, -0.05) is 12.1 Å². The number of imide groups is 1. The van der Waals surface area contributed by atoms with Crippen LogP contribution in [-0.4, -0.2) is 69.5 Å². The molecule has 2 aromatic carbocycles. The summed E-state index contributed by atoms with van der Waals surface area (Å²) >= 11 is 0. The third-order valence-electron chi connectivity index (χ3n) is 9.97. The first-order valence-corrected chi connectivity index (χ1v) is 16.1. The fraction of sp³-hybridized carbons (Fsp3) is 0.486. The lowest BCUT2D eigenvalue weighted by atomic mass is 9.80. The van der Waals surface area contributed by atoms with E-state index in [4.69, 9.17) is 9.72 Å². The molecule has 9 nitrogen and oxygen atoms in total. The predicted octanol–water partition coefficient (Wildman–Crippen LogP) is 3.99. The van der Waals surface area contributed by atoms with E-state index >= 15 is 0 Å². The number of hydrogen-bond donors (Lipinski definition) is 2. The maximum absolute atomic E-state index is 13.0. The monoisotopic (exact) mass is 596 g/mol. The summed E-state index contributed by atoms with van der Waals surface area (Å²) in [5.41, 5.74) is 4.92. The van der Waals surface area contributed by atoms with Crippen LogP contribution in [0.3, 0.4) is 0 Å². The first-order valence-electron chi connectivity index (χ1n) is 16.1. The Labute approximate surface area is 257 Å². The molecular formula is C35H40N4O5. The zero-order chi connectivity index (χ0) is 30.2. The highest BCUT2D eigenvalue weighted by molar-refractivity contribution is 6.05. The van der Waals surface area contributed by atoms with Crippen LogP contribution < -0.4 is 10.1 Å². The largest absolute Gasteiger partial charge is 0.489 e. The summed E-state index contributed by atoms with van der Waals surface area (Å²) in [6, 6.07) is 15.9. The highest BCUT2D eigenvalue weighted by atomic mass is 16.5. The minimum absolute atomic E-state index is 0.0634. The Morgan fingerprint density at radius 1 is 0.932 bits per heavy atom. The molecule has 9 heteroatoms. The lowest BCUT2D eigenvalue weighted by Gasteiger charge is -2.29. The molecule has 2 saturated heterocycles. The van der Waals surface area contributed by atoms with Crippen molar-refractivity contribution < 1.29 is 24.2 Å². The minimum atomic E-state index is -0.615. The van der Waals surface area contributed by atoms with Gasteiger partial charge in [0, 0.05) is 55.9 Å². The second-order valence-electron chi connectivity index (χ2n) is 13.1. The first kappa shape index (κ1) is 28.9. The molecule has 3 amide bonds. The highest BCUT2D eigenvalue weighted by Crippen LogP contribution is 2.32. The summed E-state index contributed by atoms with van der Waals surface area (Å²) in [4.78, 5) is 45.8. The number of aliphatic hydroxyl groups is 1. The maximum atomic E-state index is 13.0. The van der Waals surface area contributed by atoms with E-state index in [1.54, 1.807) is 11.0 Å². The van der Waals surface area contributed by atoms with Gasteiger partial charge in [-0.15, -0.1) is 0 Å². The highest BCUT2D eigenvalue weighted by Gasteiger charge is 2.39. The number of likely N-dealkylation sites (tertiary alicyclic amines) is 1. The fourth-order valence-corrected chi connectivity index (χ4v) is 7.45. The molecule has 230 valence electrons. The van der Waals surface area contributed by atoms with Crippen molar-refractivity contribution in [2.75, 3.05) is 19.7 Å². The van der Waals surface area contributed by atoms with Gasteiger partial charge in [0.05, 0.1) is 5.52 Å². The summed E-state index contributed by atoms with van der Waals surface area (Å²) in [5.74, 6) is 1.03. The number of ether oxygens (including phenoxy) is 1. The number of nitrogens with one attached hydrogen (secondary N) is 1. The molecule has 3 aliphatic heterocycles. The van der Waals surface area contributed by atoms with Gasteiger partial charge in [-0.05, 0) is 104 Å². The lowest BCUT2D eigenvalue weighted by molar-refractivity contribution is -0.136. The van der Waals surface area contributed by atoms with Crippen LogP contribution in [0.1, 0.15) is 72.1 Å². The quantitative estimate of drug-likeness (QED) is 0.378. The van der Waals surface area contributed by atoms with Crippen LogP contribution in [0.5, 0.6) is 5.75 Å². The normalized spacial score (nSPS) is 25.8. The minimum Gasteiger partial charge on any atom is -0.489 e. The van der Waals surface area contributed by atoms with Crippen molar-refractivity contribution in [1.29, 1.82) is 0 Å². The molecule has 1 unspecified atom stereocenters. The van der Waals surface area contributed by atoms with Gasteiger partial charge in [-0.25, -0.2) is 0 Å². The molecule has 3 fully saturated rings. The van der Waals surface area contributed by atoms with Gasteiger partial charge in [-0.2, -0.15) is 0 Å². The predicted molar refractivity (Wildman–Crippen MR) is 165 cm³/mol. The van der Waals surface area contributed by atoms with Crippen molar-refractivity contribution >= 4 is 28.6 Å². The number of nitrogens with zero attached hydrogens (tertiary/aromatic N) is 3. The summed E-state index contributed by atoms with van der Waals surface area (Å²) in [5, 5.41) is 12.9. The Morgan fingerprint density at radius 3 is 2.59 bits per heavy atom. The van der Waals surface area contributed by atoms with Crippen LogP contribution in [0.4, 0.5) is 0 Å². The maximum Gasteiger partial charge on any atom is 0.255 e. The van der Waals surface area contributed by atoms with E-state index in [-0.39, 0.29) is 24.3 Å². The number of carbonyl (C=O) groups is 3. The van der Waals surface area contributed by atoms with Crippen LogP contribution in [0.15, 0.2) is 48.5 Å². The van der Waals surface area contributed by atoms with Gasteiger partial charge in [0.2, 0.25) is 11.8 Å². The van der Waals surface area contributed by atoms with E-state index in [2.05, 4.69) is 40.5 Å². The molecule has 0 spiro atoms. The number of piperidine rings is 1. The molecule has 1 saturated carbocycles. The number of benzene rings is 2. The van der Waals surface area contributed by atoms with Gasteiger partial charge >= 0.3 is 0 Å². The van der Waals surface area contributed by atoms with Crippen molar-refractivity contribution in [3.8, 4) is 5.75 Å². The Kier molecular flexibility index (Phi) is 8.08. The van der Waals surface area contributed by atoms with E-state index in [0.29, 0.717) is 37.0 Å². The van der Waals surface area contributed by atoms with Gasteiger partial charge < -0.3 is 14.7 Å². The van der Waals surface area contributed by atoms with Crippen LogP contribution in [-0.2, 0) is 29.1 Å². The molecule has 2 atom stereocenters. The van der Waals surface area contributed by atoms with Crippen molar-refractivity contribution in [1.82, 2.24) is 20.1 Å². The van der Waals surface area contributed by atoms with Crippen molar-refractivity contribution in [2.24, 2.45) is 11.8 Å². The molecule has 0 bridgehead atoms. The molecule has 1 aromatic heterocycles. The van der Waals surface area contributed by atoms with E-state index in [0.717, 1.165) is 67.8 Å². The second kappa shape index (κ2) is 12.3. The lowest BCUT2D eigenvalue weighted by Crippen LogP contribution is -2.52. The molecular weight excluding hydrogens is 556 g/mol. The molecule has 7 rings (SSSR count). The van der Waals surface area contributed by atoms with Crippen molar-refractivity contribution in [2.45, 2.75) is 76.6 Å². The number of rotatable bonds is 8. The van der Waals surface area contributed by atoms with E-state index in [1.807, 2.05) is 12.1 Å². The smallest absolute Gasteiger partial charge is 0.255 e. The van der Waals surface area contributed by atoms with Crippen LogP contribution in [0.2, 0.25) is 0 Å². The van der Waals surface area contributed by atoms with Crippen LogP contribution >= 0.6 is 0 Å². The number of carbonyl (C=O) groups excluding carboxylic acids is 3. The Bertz CT molecular complexity index is 1580. The number of aromatic nitrogens is 1. The van der Waals surface area contributed by atoms with Crippen LogP contribution in [0, 0.1) is 11.8 Å². The number of fused-ring (bicyclic) bond motifs is 2. The SMILES string of the molecule is O=C1CCC(N2Cc3cc(O[C@H]4CCN(Cc5ccc6nc(C[C@H]7CC[C@@H](CO)CC7)ccc6c5)C4)ccc3C2=O)C(=O)N1. The third-order valence-corrected chi connectivity index (χ3v) is 9.97. The zero-order valence-electron chi connectivity index (χ0n) is 25.0. The van der Waals surface area contributed by atoms with E-state index in [1.165, 1.54) is 23.8 Å². The Balaban J connectivity index is 0.927. The van der Waals surface area contributed by atoms with Gasteiger partial charge in [0.25, 0.3) is 5.91 Å². The Morgan fingerprint density at radius 2 is 1.77 bits per heavy atom. The first-order chi connectivity index (χ1) is 21.4. The molecule has 1 aliphatic carbocycles. The summed E-state index contributed by atoms with van der Waals surface area (Å²) in [6.07, 6.45) is 7.22. The van der Waals surface area contributed by atoms with Gasteiger partial charge in [0.15, 0.2) is 0 Å². The standard InChI is InChI=1S/C35H40N4O5/c40-21-23-3-1-22(2-4-23)16-27-7-6-25-15-24(5-10-31(25)36-27)18-38-14-13-29(20-38)44-28-8-9-30-26(17-28)19-39(35(30)43)32-11-12-33(41)37-34(32)42/h5-10,15,17,22-23,29,32,40H,1-4,11-14,16,18-21H2,(H,37,41,42)/t22-,23+,29-,32?/m0/s1. The van der Waals surface area contributed by atoms with Gasteiger partial charge in [0.1, 0.15) is 17.9 Å². The summed E-state index contributed by atoms with van der Waals surface area (Å²) < 4.78 is 6.36. The molecule has 0 radical (unpaired) electrons. The van der Waals surface area contributed by atoms with Crippen LogP contribution in [0.25, 0.3) is 10.9 Å².